The summed E-state index contributed by atoms with van der Waals surface area (Å²) in [5.74, 6) is -2.34. The standard InChI is InChI=1S/C15H16F3NO5/c1-23-13(21)8-11(14(22)24-2)19-12(20)7-9-4-3-5-10(6-9)15(16,17)18/h3-6,11H,7-8H2,1-2H3,(H,19,20)/t11-/m1/s1. The highest BCUT2D eigenvalue weighted by Gasteiger charge is 2.30. The van der Waals surface area contributed by atoms with Gasteiger partial charge in [-0.1, -0.05) is 18.2 Å². The van der Waals surface area contributed by atoms with Gasteiger partial charge in [-0.3, -0.25) is 9.59 Å². The smallest absolute Gasteiger partial charge is 0.416 e. The second-order valence-electron chi connectivity index (χ2n) is 4.80. The molecule has 0 aromatic heterocycles. The summed E-state index contributed by atoms with van der Waals surface area (Å²) in [4.78, 5) is 34.7. The predicted molar refractivity (Wildman–Crippen MR) is 75.7 cm³/mol. The molecular formula is C15H16F3NO5. The van der Waals surface area contributed by atoms with Crippen LogP contribution in [0, 0.1) is 0 Å². The van der Waals surface area contributed by atoms with Gasteiger partial charge in [0.05, 0.1) is 32.6 Å². The molecule has 1 amide bonds. The van der Waals surface area contributed by atoms with Gasteiger partial charge in [0.1, 0.15) is 6.04 Å². The lowest BCUT2D eigenvalue weighted by Gasteiger charge is -2.15. The van der Waals surface area contributed by atoms with E-state index in [0.717, 1.165) is 26.4 Å². The van der Waals surface area contributed by atoms with Crippen molar-refractivity contribution in [1.82, 2.24) is 5.32 Å². The van der Waals surface area contributed by atoms with Crippen molar-refractivity contribution in [2.45, 2.75) is 25.1 Å². The number of carbonyl (C=O) groups is 3. The first-order valence-electron chi connectivity index (χ1n) is 6.77. The molecular weight excluding hydrogens is 331 g/mol. The molecule has 6 nitrogen and oxygen atoms in total. The fourth-order valence-electron chi connectivity index (χ4n) is 1.87. The van der Waals surface area contributed by atoms with Crippen molar-refractivity contribution in [3.05, 3.63) is 35.4 Å². The molecule has 1 aromatic carbocycles. The number of carbonyl (C=O) groups excluding carboxylic acids is 3. The summed E-state index contributed by atoms with van der Waals surface area (Å²) < 4.78 is 46.8. The number of rotatable bonds is 6. The molecule has 0 bridgehead atoms. The minimum atomic E-state index is -4.52. The van der Waals surface area contributed by atoms with Crippen molar-refractivity contribution in [1.29, 1.82) is 0 Å². The third kappa shape index (κ3) is 5.90. The Morgan fingerprint density at radius 3 is 2.38 bits per heavy atom. The number of benzene rings is 1. The van der Waals surface area contributed by atoms with Gasteiger partial charge in [0.2, 0.25) is 5.91 Å². The number of esters is 2. The zero-order valence-corrected chi connectivity index (χ0v) is 13.0. The van der Waals surface area contributed by atoms with Crippen LogP contribution in [-0.4, -0.2) is 38.1 Å². The van der Waals surface area contributed by atoms with E-state index in [9.17, 15) is 27.6 Å². The Bertz CT molecular complexity index is 615. The average molecular weight is 347 g/mol. The Balaban J connectivity index is 2.79. The number of ether oxygens (including phenoxy) is 2. The van der Waals surface area contributed by atoms with Crippen LogP contribution in [0.2, 0.25) is 0 Å². The van der Waals surface area contributed by atoms with E-state index >= 15 is 0 Å². The Kier molecular flexibility index (Phi) is 6.75. The molecule has 0 spiro atoms. The van der Waals surface area contributed by atoms with E-state index < -0.39 is 48.5 Å². The van der Waals surface area contributed by atoms with Crippen LogP contribution in [0.5, 0.6) is 0 Å². The summed E-state index contributed by atoms with van der Waals surface area (Å²) in [6, 6.07) is 2.98. The van der Waals surface area contributed by atoms with Gasteiger partial charge in [-0.2, -0.15) is 13.2 Å². The number of halogens is 3. The highest BCUT2D eigenvalue weighted by molar-refractivity contribution is 5.88. The maximum absolute atomic E-state index is 12.6. The summed E-state index contributed by atoms with van der Waals surface area (Å²) >= 11 is 0. The molecule has 24 heavy (non-hydrogen) atoms. The number of hydrogen-bond acceptors (Lipinski definition) is 5. The highest BCUT2D eigenvalue weighted by atomic mass is 19.4. The minimum Gasteiger partial charge on any atom is -0.469 e. The van der Waals surface area contributed by atoms with Crippen molar-refractivity contribution < 1.29 is 37.0 Å². The summed E-state index contributed by atoms with van der Waals surface area (Å²) in [6.07, 6.45) is -5.36. The minimum absolute atomic E-state index is 0.115. The second-order valence-corrected chi connectivity index (χ2v) is 4.80. The molecule has 0 radical (unpaired) electrons. The van der Waals surface area contributed by atoms with Crippen LogP contribution in [0.1, 0.15) is 17.5 Å². The van der Waals surface area contributed by atoms with Crippen molar-refractivity contribution >= 4 is 17.8 Å². The van der Waals surface area contributed by atoms with Crippen molar-refractivity contribution in [2.24, 2.45) is 0 Å². The zero-order chi connectivity index (χ0) is 18.3. The predicted octanol–water partition coefficient (Wildman–Crippen LogP) is 1.47. The lowest BCUT2D eigenvalue weighted by molar-refractivity contribution is -0.150. The normalized spacial score (nSPS) is 12.2. The molecule has 132 valence electrons. The Morgan fingerprint density at radius 1 is 1.17 bits per heavy atom. The lowest BCUT2D eigenvalue weighted by Crippen LogP contribution is -2.43. The molecule has 0 unspecified atom stereocenters. The molecule has 0 aliphatic heterocycles. The van der Waals surface area contributed by atoms with Gasteiger partial charge in [0, 0.05) is 0 Å². The Labute approximate surface area is 135 Å². The molecule has 0 aliphatic carbocycles. The van der Waals surface area contributed by atoms with Gasteiger partial charge in [-0.15, -0.1) is 0 Å². The lowest BCUT2D eigenvalue weighted by atomic mass is 10.1. The van der Waals surface area contributed by atoms with Gasteiger partial charge in [0.15, 0.2) is 0 Å². The molecule has 0 fully saturated rings. The molecule has 0 saturated heterocycles. The molecule has 1 N–H and O–H groups in total. The Morgan fingerprint density at radius 2 is 1.83 bits per heavy atom. The summed E-state index contributed by atoms with van der Waals surface area (Å²) in [6.45, 7) is 0. The molecule has 1 atom stereocenters. The second kappa shape index (κ2) is 8.32. The van der Waals surface area contributed by atoms with E-state index in [0.29, 0.717) is 0 Å². The number of alkyl halides is 3. The topological polar surface area (TPSA) is 81.7 Å². The first-order chi connectivity index (χ1) is 11.2. The van der Waals surface area contributed by atoms with Gasteiger partial charge in [-0.05, 0) is 11.6 Å². The Hall–Kier alpha value is -2.58. The first kappa shape index (κ1) is 19.5. The fraction of sp³-hybridized carbons (Fsp3) is 0.400. The fourth-order valence-corrected chi connectivity index (χ4v) is 1.87. The number of hydrogen-bond donors (Lipinski definition) is 1. The van der Waals surface area contributed by atoms with Crippen LogP contribution in [0.3, 0.4) is 0 Å². The van der Waals surface area contributed by atoms with Crippen LogP contribution < -0.4 is 5.32 Å². The van der Waals surface area contributed by atoms with Gasteiger partial charge >= 0.3 is 18.1 Å². The van der Waals surface area contributed by atoms with E-state index in [-0.39, 0.29) is 5.56 Å². The van der Waals surface area contributed by atoms with Crippen molar-refractivity contribution in [2.75, 3.05) is 14.2 Å². The SMILES string of the molecule is COC(=O)C[C@@H](NC(=O)Cc1cccc(C(F)(F)F)c1)C(=O)OC. The largest absolute Gasteiger partial charge is 0.469 e. The summed E-state index contributed by atoms with van der Waals surface area (Å²) in [5.41, 5.74) is -0.768. The molecule has 0 heterocycles. The van der Waals surface area contributed by atoms with E-state index in [1.54, 1.807) is 0 Å². The van der Waals surface area contributed by atoms with Crippen LogP contribution in [-0.2, 0) is 36.5 Å². The van der Waals surface area contributed by atoms with E-state index in [1.807, 2.05) is 0 Å². The van der Waals surface area contributed by atoms with Crippen LogP contribution >= 0.6 is 0 Å². The van der Waals surface area contributed by atoms with E-state index in [2.05, 4.69) is 14.8 Å². The third-order valence-corrected chi connectivity index (χ3v) is 3.04. The van der Waals surface area contributed by atoms with Gasteiger partial charge in [-0.25, -0.2) is 4.79 Å². The third-order valence-electron chi connectivity index (χ3n) is 3.04. The van der Waals surface area contributed by atoms with E-state index in [1.165, 1.54) is 12.1 Å². The maximum atomic E-state index is 12.6. The van der Waals surface area contributed by atoms with E-state index in [4.69, 9.17) is 0 Å². The molecule has 0 aliphatic rings. The number of nitrogens with one attached hydrogen (secondary N) is 1. The molecule has 1 rings (SSSR count). The first-order valence-corrected chi connectivity index (χ1v) is 6.77. The quantitative estimate of drug-likeness (QED) is 0.788. The summed E-state index contributed by atoms with van der Waals surface area (Å²) in [7, 11) is 2.19. The van der Waals surface area contributed by atoms with Crippen LogP contribution in [0.4, 0.5) is 13.2 Å². The number of methoxy groups -OCH3 is 2. The van der Waals surface area contributed by atoms with Gasteiger partial charge < -0.3 is 14.8 Å². The monoisotopic (exact) mass is 347 g/mol. The molecule has 1 aromatic rings. The number of amides is 1. The van der Waals surface area contributed by atoms with Gasteiger partial charge in [0.25, 0.3) is 0 Å². The van der Waals surface area contributed by atoms with Crippen molar-refractivity contribution in [3.63, 3.8) is 0 Å². The zero-order valence-electron chi connectivity index (χ0n) is 13.0. The van der Waals surface area contributed by atoms with Crippen LogP contribution in [0.25, 0.3) is 0 Å². The molecule has 9 heteroatoms. The molecule has 0 saturated carbocycles. The van der Waals surface area contributed by atoms with Crippen molar-refractivity contribution in [3.8, 4) is 0 Å². The maximum Gasteiger partial charge on any atom is 0.416 e. The average Bonchev–Trinajstić information content (AvgIpc) is 2.52. The highest BCUT2D eigenvalue weighted by Crippen LogP contribution is 2.29. The summed E-state index contributed by atoms with van der Waals surface area (Å²) in [5, 5.41) is 2.24. The van der Waals surface area contributed by atoms with Crippen LogP contribution in [0.15, 0.2) is 24.3 Å².